The topological polar surface area (TPSA) is 77.1 Å². The Bertz CT molecular complexity index is 1300. The van der Waals surface area contributed by atoms with Gasteiger partial charge in [-0.3, -0.25) is 14.2 Å². The number of hydrogen-bond donors (Lipinski definition) is 1. The monoisotopic (exact) mass is 427 g/mol. The van der Waals surface area contributed by atoms with E-state index in [1.807, 2.05) is 38.1 Å². The van der Waals surface area contributed by atoms with Crippen molar-refractivity contribution in [3.05, 3.63) is 63.4 Å². The highest BCUT2D eigenvalue weighted by molar-refractivity contribution is 7.99. The van der Waals surface area contributed by atoms with E-state index < -0.39 is 0 Å². The van der Waals surface area contributed by atoms with Gasteiger partial charge in [0.25, 0.3) is 5.56 Å². The second-order valence-corrected chi connectivity index (χ2v) is 7.89. The van der Waals surface area contributed by atoms with Crippen LogP contribution >= 0.6 is 23.4 Å². The molecule has 6 nitrogen and oxygen atoms in total. The fourth-order valence-corrected chi connectivity index (χ4v) is 4.22. The Hall–Kier alpha value is -2.77. The number of para-hydroxylation sites is 1. The first-order chi connectivity index (χ1) is 14.0. The number of halogens is 1. The number of amides is 1. The lowest BCUT2D eigenvalue weighted by molar-refractivity contribution is -0.113. The molecule has 0 spiro atoms. The van der Waals surface area contributed by atoms with Gasteiger partial charge in [-0.15, -0.1) is 0 Å². The average molecular weight is 428 g/mol. The van der Waals surface area contributed by atoms with Gasteiger partial charge in [0.15, 0.2) is 5.16 Å². The third-order valence-electron chi connectivity index (χ3n) is 4.49. The highest BCUT2D eigenvalue weighted by atomic mass is 35.5. The van der Waals surface area contributed by atoms with Crippen LogP contribution in [-0.2, 0) is 11.3 Å². The van der Waals surface area contributed by atoms with E-state index in [-0.39, 0.29) is 22.8 Å². The van der Waals surface area contributed by atoms with E-state index in [0.717, 1.165) is 10.9 Å². The van der Waals surface area contributed by atoms with Gasteiger partial charge in [0.2, 0.25) is 11.5 Å². The fourth-order valence-electron chi connectivity index (χ4n) is 3.08. The number of furan rings is 1. The maximum absolute atomic E-state index is 12.9. The Labute approximate surface area is 175 Å². The van der Waals surface area contributed by atoms with E-state index in [1.165, 1.54) is 16.3 Å². The fraction of sp³-hybridized carbons (Fsp3) is 0.190. The molecular formula is C21H18ClN3O3S. The minimum Gasteiger partial charge on any atom is -0.448 e. The third-order valence-corrected chi connectivity index (χ3v) is 5.78. The van der Waals surface area contributed by atoms with Crippen LogP contribution in [-0.4, -0.2) is 21.2 Å². The molecule has 0 bridgehead atoms. The molecule has 1 N–H and O–H groups in total. The van der Waals surface area contributed by atoms with Crippen LogP contribution in [0, 0.1) is 6.92 Å². The lowest BCUT2D eigenvalue weighted by atomic mass is 10.2. The summed E-state index contributed by atoms with van der Waals surface area (Å²) in [6.07, 6.45) is 0. The summed E-state index contributed by atoms with van der Waals surface area (Å²) in [6.45, 7) is 4.21. The Balaban J connectivity index is 1.62. The van der Waals surface area contributed by atoms with Crippen LogP contribution in [0.1, 0.15) is 12.5 Å². The Kier molecular flexibility index (Phi) is 5.34. The van der Waals surface area contributed by atoms with Gasteiger partial charge in [0, 0.05) is 11.9 Å². The molecule has 0 radical (unpaired) electrons. The largest absolute Gasteiger partial charge is 0.448 e. The Morgan fingerprint density at radius 3 is 2.83 bits per heavy atom. The molecule has 0 atom stereocenters. The summed E-state index contributed by atoms with van der Waals surface area (Å²) >= 11 is 7.38. The van der Waals surface area contributed by atoms with Crippen molar-refractivity contribution < 1.29 is 9.21 Å². The summed E-state index contributed by atoms with van der Waals surface area (Å²) in [5.41, 5.74) is 2.68. The van der Waals surface area contributed by atoms with Crippen molar-refractivity contribution in [2.24, 2.45) is 0 Å². The van der Waals surface area contributed by atoms with E-state index in [0.29, 0.717) is 33.5 Å². The first-order valence-corrected chi connectivity index (χ1v) is 10.4. The Morgan fingerprint density at radius 1 is 1.28 bits per heavy atom. The van der Waals surface area contributed by atoms with E-state index in [4.69, 9.17) is 16.0 Å². The molecule has 0 aliphatic rings. The maximum Gasteiger partial charge on any atom is 0.297 e. The molecular weight excluding hydrogens is 410 g/mol. The summed E-state index contributed by atoms with van der Waals surface area (Å²) in [6, 6.07) is 12.8. The van der Waals surface area contributed by atoms with Crippen molar-refractivity contribution in [1.29, 1.82) is 0 Å². The van der Waals surface area contributed by atoms with Crippen LogP contribution in [0.15, 0.2) is 56.8 Å². The highest BCUT2D eigenvalue weighted by Crippen LogP contribution is 2.27. The number of nitrogens with one attached hydrogen (secondary N) is 1. The second-order valence-electron chi connectivity index (χ2n) is 6.54. The zero-order valence-electron chi connectivity index (χ0n) is 15.9. The smallest absolute Gasteiger partial charge is 0.297 e. The number of nitrogens with zero attached hydrogens (tertiary/aromatic N) is 2. The lowest BCUT2D eigenvalue weighted by Crippen LogP contribution is -2.23. The maximum atomic E-state index is 12.9. The average Bonchev–Trinajstić information content (AvgIpc) is 3.08. The van der Waals surface area contributed by atoms with E-state index in [1.54, 1.807) is 18.2 Å². The lowest BCUT2D eigenvalue weighted by Gasteiger charge is -2.10. The number of fused-ring (bicyclic) bond motifs is 3. The van der Waals surface area contributed by atoms with Gasteiger partial charge in [0.05, 0.1) is 16.5 Å². The van der Waals surface area contributed by atoms with Gasteiger partial charge >= 0.3 is 0 Å². The molecule has 2 heterocycles. The number of aryl methyl sites for hydroxylation is 1. The molecule has 4 rings (SSSR count). The molecule has 29 heavy (non-hydrogen) atoms. The number of benzene rings is 2. The molecule has 0 aliphatic heterocycles. The van der Waals surface area contributed by atoms with Crippen molar-refractivity contribution in [3.63, 3.8) is 0 Å². The molecule has 0 unspecified atom stereocenters. The minimum absolute atomic E-state index is 0.0952. The molecule has 4 aromatic rings. The zero-order chi connectivity index (χ0) is 20.5. The van der Waals surface area contributed by atoms with Gasteiger partial charge in [-0.1, -0.05) is 41.6 Å². The molecule has 148 valence electrons. The molecule has 0 saturated carbocycles. The van der Waals surface area contributed by atoms with Crippen LogP contribution in [0.2, 0.25) is 5.02 Å². The number of carbonyl (C=O) groups excluding carboxylic acids is 1. The van der Waals surface area contributed by atoms with E-state index >= 15 is 0 Å². The molecule has 2 aromatic carbocycles. The van der Waals surface area contributed by atoms with Crippen LogP contribution in [0.4, 0.5) is 5.69 Å². The number of aromatic nitrogens is 2. The molecule has 0 saturated heterocycles. The zero-order valence-corrected chi connectivity index (χ0v) is 17.4. The van der Waals surface area contributed by atoms with Gasteiger partial charge in [-0.05, 0) is 43.7 Å². The molecule has 1 amide bonds. The van der Waals surface area contributed by atoms with Gasteiger partial charge in [0.1, 0.15) is 11.1 Å². The van der Waals surface area contributed by atoms with Crippen molar-refractivity contribution in [2.45, 2.75) is 25.5 Å². The number of anilines is 1. The van der Waals surface area contributed by atoms with Crippen molar-refractivity contribution >= 4 is 57.0 Å². The van der Waals surface area contributed by atoms with Crippen LogP contribution in [0.25, 0.3) is 22.1 Å². The molecule has 0 fully saturated rings. The van der Waals surface area contributed by atoms with Crippen molar-refractivity contribution in [1.82, 2.24) is 9.55 Å². The predicted octanol–water partition coefficient (Wildman–Crippen LogP) is 4.86. The van der Waals surface area contributed by atoms with E-state index in [9.17, 15) is 9.59 Å². The highest BCUT2D eigenvalue weighted by Gasteiger charge is 2.18. The summed E-state index contributed by atoms with van der Waals surface area (Å²) < 4.78 is 7.22. The quantitative estimate of drug-likeness (QED) is 0.363. The normalized spacial score (nSPS) is 11.3. The summed E-state index contributed by atoms with van der Waals surface area (Å²) in [5.74, 6) is -0.132. The Morgan fingerprint density at radius 2 is 2.07 bits per heavy atom. The standard InChI is InChI=1S/C21H18ClN3O3S/c1-3-25-20(27)19-18(13-6-4-5-7-16(13)28-19)24-21(25)29-11-17(26)23-15-9-8-12(2)10-14(15)22/h4-10H,3,11H2,1-2H3,(H,23,26). The predicted molar refractivity (Wildman–Crippen MR) is 117 cm³/mol. The molecule has 8 heteroatoms. The second kappa shape index (κ2) is 7.93. The number of thioether (sulfide) groups is 1. The number of hydrogen-bond acceptors (Lipinski definition) is 5. The third kappa shape index (κ3) is 3.75. The summed E-state index contributed by atoms with van der Waals surface area (Å²) in [7, 11) is 0. The van der Waals surface area contributed by atoms with Crippen LogP contribution in [0.5, 0.6) is 0 Å². The van der Waals surface area contributed by atoms with Gasteiger partial charge < -0.3 is 9.73 Å². The van der Waals surface area contributed by atoms with Crippen LogP contribution in [0.3, 0.4) is 0 Å². The number of carbonyl (C=O) groups is 1. The van der Waals surface area contributed by atoms with Gasteiger partial charge in [-0.2, -0.15) is 0 Å². The first kappa shape index (κ1) is 19.5. The SMILES string of the molecule is CCn1c(SCC(=O)Nc2ccc(C)cc2Cl)nc2c(oc3ccccc32)c1=O. The van der Waals surface area contributed by atoms with E-state index in [2.05, 4.69) is 10.3 Å². The van der Waals surface area contributed by atoms with Crippen molar-refractivity contribution in [2.75, 3.05) is 11.1 Å². The molecule has 0 aliphatic carbocycles. The number of rotatable bonds is 5. The molecule has 2 aromatic heterocycles. The minimum atomic E-state index is -0.252. The van der Waals surface area contributed by atoms with Crippen molar-refractivity contribution in [3.8, 4) is 0 Å². The van der Waals surface area contributed by atoms with Crippen LogP contribution < -0.4 is 10.9 Å². The summed E-state index contributed by atoms with van der Waals surface area (Å²) in [4.78, 5) is 29.9. The first-order valence-electron chi connectivity index (χ1n) is 9.08. The van der Waals surface area contributed by atoms with Gasteiger partial charge in [-0.25, -0.2) is 4.98 Å². The summed E-state index contributed by atoms with van der Waals surface area (Å²) in [5, 5.41) is 4.53.